The molecule has 0 saturated carbocycles. The average molecular weight is 394 g/mol. The summed E-state index contributed by atoms with van der Waals surface area (Å²) in [5.74, 6) is -1.22. The number of aromatic nitrogens is 1. The molecule has 2 atom stereocenters. The van der Waals surface area contributed by atoms with Gasteiger partial charge in [-0.05, 0) is 13.3 Å². The van der Waals surface area contributed by atoms with Gasteiger partial charge in [-0.3, -0.25) is 4.79 Å². The summed E-state index contributed by atoms with van der Waals surface area (Å²) in [6, 6.07) is 8.99. The Hall–Kier alpha value is -2.26. The minimum Gasteiger partial charge on any atom is -0.448 e. The van der Waals surface area contributed by atoms with Crippen molar-refractivity contribution >= 4 is 33.1 Å². The molecule has 2 aromatic rings. The molecule has 138 valence electrons. The SMILES string of the molecule is C[C@@H](OC(=O)c1csc(-c2ccccc2)n1)C(=O)N[C@H]1CCS(=O)(=O)C1. The normalized spacial score (nSPS) is 19.7. The van der Waals surface area contributed by atoms with Crippen LogP contribution in [-0.4, -0.2) is 48.9 Å². The van der Waals surface area contributed by atoms with Gasteiger partial charge in [-0.15, -0.1) is 11.3 Å². The zero-order valence-electron chi connectivity index (χ0n) is 14.0. The number of amides is 1. The van der Waals surface area contributed by atoms with Gasteiger partial charge in [-0.2, -0.15) is 0 Å². The number of nitrogens with zero attached hydrogens (tertiary/aromatic N) is 1. The van der Waals surface area contributed by atoms with Gasteiger partial charge in [0.2, 0.25) is 0 Å². The highest BCUT2D eigenvalue weighted by Crippen LogP contribution is 2.23. The smallest absolute Gasteiger partial charge is 0.358 e. The molecule has 0 bridgehead atoms. The molecule has 9 heteroatoms. The summed E-state index contributed by atoms with van der Waals surface area (Å²) in [7, 11) is -3.09. The number of sulfone groups is 1. The summed E-state index contributed by atoms with van der Waals surface area (Å²) in [6.07, 6.45) is -0.658. The largest absolute Gasteiger partial charge is 0.448 e. The third-order valence-corrected chi connectivity index (χ3v) is 6.63. The number of carbonyl (C=O) groups excluding carboxylic acids is 2. The predicted octanol–water partition coefficient (Wildman–Crippen LogP) is 1.66. The summed E-state index contributed by atoms with van der Waals surface area (Å²) < 4.78 is 28.0. The Morgan fingerprint density at radius 3 is 2.69 bits per heavy atom. The third kappa shape index (κ3) is 4.47. The molecule has 1 N–H and O–H groups in total. The van der Waals surface area contributed by atoms with Crippen LogP contribution in [0.4, 0.5) is 0 Å². The Labute approximate surface area is 155 Å². The molecular weight excluding hydrogens is 376 g/mol. The van der Waals surface area contributed by atoms with Crippen LogP contribution in [-0.2, 0) is 19.4 Å². The number of carbonyl (C=O) groups is 2. The Balaban J connectivity index is 1.57. The number of thiazole rings is 1. The Morgan fingerprint density at radius 1 is 1.31 bits per heavy atom. The van der Waals surface area contributed by atoms with E-state index in [1.54, 1.807) is 5.38 Å². The van der Waals surface area contributed by atoms with Crippen LogP contribution in [0.25, 0.3) is 10.6 Å². The summed E-state index contributed by atoms with van der Waals surface area (Å²) in [4.78, 5) is 28.5. The fourth-order valence-corrected chi connectivity index (χ4v) is 5.05. The second kappa shape index (κ2) is 7.55. The standard InChI is InChI=1S/C17H18N2O5S2/c1-11(15(20)18-13-7-8-26(22,23)10-13)24-17(21)14-9-25-16(19-14)12-5-3-2-4-6-12/h2-6,9,11,13H,7-8,10H2,1H3,(H,18,20)/t11-,13+/m1/s1. The molecule has 2 heterocycles. The lowest BCUT2D eigenvalue weighted by molar-refractivity contribution is -0.129. The van der Waals surface area contributed by atoms with Crippen LogP contribution < -0.4 is 5.32 Å². The number of esters is 1. The minimum absolute atomic E-state index is 0.0627. The first-order valence-corrected chi connectivity index (χ1v) is 10.8. The molecule has 1 amide bonds. The maximum atomic E-state index is 12.2. The number of hydrogen-bond acceptors (Lipinski definition) is 7. The number of benzene rings is 1. The molecule has 1 aromatic carbocycles. The van der Waals surface area contributed by atoms with E-state index in [9.17, 15) is 18.0 Å². The topological polar surface area (TPSA) is 102 Å². The zero-order chi connectivity index (χ0) is 18.7. The average Bonchev–Trinajstić information content (AvgIpc) is 3.22. The van der Waals surface area contributed by atoms with Crippen LogP contribution in [0.15, 0.2) is 35.7 Å². The van der Waals surface area contributed by atoms with E-state index in [1.165, 1.54) is 18.3 Å². The van der Waals surface area contributed by atoms with Gasteiger partial charge >= 0.3 is 5.97 Å². The maximum absolute atomic E-state index is 12.2. The van der Waals surface area contributed by atoms with Crippen molar-refractivity contribution in [3.8, 4) is 10.6 Å². The molecule has 1 fully saturated rings. The highest BCUT2D eigenvalue weighted by molar-refractivity contribution is 7.91. The lowest BCUT2D eigenvalue weighted by atomic mass is 10.2. The molecule has 1 aromatic heterocycles. The highest BCUT2D eigenvalue weighted by atomic mass is 32.2. The second-order valence-corrected chi connectivity index (χ2v) is 9.15. The lowest BCUT2D eigenvalue weighted by Crippen LogP contribution is -2.42. The highest BCUT2D eigenvalue weighted by Gasteiger charge is 2.31. The molecule has 0 aliphatic carbocycles. The fraction of sp³-hybridized carbons (Fsp3) is 0.353. The van der Waals surface area contributed by atoms with Gasteiger partial charge < -0.3 is 10.1 Å². The van der Waals surface area contributed by atoms with Crippen molar-refractivity contribution in [1.29, 1.82) is 0 Å². The molecule has 0 radical (unpaired) electrons. The van der Waals surface area contributed by atoms with Crippen LogP contribution in [0.3, 0.4) is 0 Å². The zero-order valence-corrected chi connectivity index (χ0v) is 15.7. The van der Waals surface area contributed by atoms with Crippen LogP contribution >= 0.6 is 11.3 Å². The van der Waals surface area contributed by atoms with Crippen LogP contribution in [0, 0.1) is 0 Å². The van der Waals surface area contributed by atoms with Crippen LogP contribution in [0.5, 0.6) is 0 Å². The molecule has 7 nitrogen and oxygen atoms in total. The van der Waals surface area contributed by atoms with Gasteiger partial charge in [0.25, 0.3) is 5.91 Å². The van der Waals surface area contributed by atoms with Gasteiger partial charge in [0.1, 0.15) is 5.01 Å². The van der Waals surface area contributed by atoms with Crippen molar-refractivity contribution in [3.63, 3.8) is 0 Å². The van der Waals surface area contributed by atoms with E-state index < -0.39 is 33.9 Å². The first-order chi connectivity index (χ1) is 12.3. The van der Waals surface area contributed by atoms with E-state index in [-0.39, 0.29) is 17.2 Å². The quantitative estimate of drug-likeness (QED) is 0.774. The molecule has 1 aliphatic rings. The van der Waals surface area contributed by atoms with E-state index in [4.69, 9.17) is 4.74 Å². The van der Waals surface area contributed by atoms with E-state index >= 15 is 0 Å². The monoisotopic (exact) mass is 394 g/mol. The Bertz CT molecular complexity index is 908. The van der Waals surface area contributed by atoms with Gasteiger partial charge in [-0.25, -0.2) is 18.2 Å². The van der Waals surface area contributed by atoms with E-state index in [2.05, 4.69) is 10.3 Å². The number of rotatable bonds is 5. The predicted molar refractivity (Wildman–Crippen MR) is 97.6 cm³/mol. The number of ether oxygens (including phenoxy) is 1. The van der Waals surface area contributed by atoms with Gasteiger partial charge in [0.15, 0.2) is 21.6 Å². The molecule has 26 heavy (non-hydrogen) atoms. The summed E-state index contributed by atoms with van der Waals surface area (Å²) >= 11 is 1.31. The Kier molecular flexibility index (Phi) is 5.38. The van der Waals surface area contributed by atoms with Gasteiger partial charge in [0.05, 0.1) is 11.5 Å². The molecule has 0 unspecified atom stereocenters. The van der Waals surface area contributed by atoms with Crippen molar-refractivity contribution in [1.82, 2.24) is 10.3 Å². The van der Waals surface area contributed by atoms with Crippen molar-refractivity contribution < 1.29 is 22.7 Å². The summed E-state index contributed by atoms with van der Waals surface area (Å²) in [6.45, 7) is 1.45. The molecule has 3 rings (SSSR count). The third-order valence-electron chi connectivity index (χ3n) is 3.97. The first kappa shape index (κ1) is 18.5. The summed E-state index contributed by atoms with van der Waals surface area (Å²) in [5, 5.41) is 4.88. The maximum Gasteiger partial charge on any atom is 0.358 e. The van der Waals surface area contributed by atoms with E-state index in [1.807, 2.05) is 30.3 Å². The Morgan fingerprint density at radius 2 is 2.04 bits per heavy atom. The van der Waals surface area contributed by atoms with E-state index in [0.29, 0.717) is 11.4 Å². The number of hydrogen-bond donors (Lipinski definition) is 1. The lowest BCUT2D eigenvalue weighted by Gasteiger charge is -2.16. The van der Waals surface area contributed by atoms with Crippen molar-refractivity contribution in [2.75, 3.05) is 11.5 Å². The van der Waals surface area contributed by atoms with Crippen molar-refractivity contribution in [3.05, 3.63) is 41.4 Å². The van der Waals surface area contributed by atoms with Gasteiger partial charge in [-0.1, -0.05) is 30.3 Å². The molecule has 0 spiro atoms. The fourth-order valence-electron chi connectivity index (χ4n) is 2.58. The molecule has 1 aliphatic heterocycles. The summed E-state index contributed by atoms with van der Waals surface area (Å²) in [5.41, 5.74) is 1.03. The van der Waals surface area contributed by atoms with Crippen LogP contribution in [0.1, 0.15) is 23.8 Å². The van der Waals surface area contributed by atoms with E-state index in [0.717, 1.165) is 5.56 Å². The number of nitrogens with one attached hydrogen (secondary N) is 1. The first-order valence-electron chi connectivity index (χ1n) is 8.07. The van der Waals surface area contributed by atoms with Gasteiger partial charge in [0, 0.05) is 17.0 Å². The van der Waals surface area contributed by atoms with Crippen LogP contribution in [0.2, 0.25) is 0 Å². The van der Waals surface area contributed by atoms with Crippen molar-refractivity contribution in [2.24, 2.45) is 0 Å². The molecular formula is C17H18N2O5S2. The molecule has 1 saturated heterocycles. The minimum atomic E-state index is -3.09. The second-order valence-electron chi connectivity index (χ2n) is 6.06. The van der Waals surface area contributed by atoms with Crippen molar-refractivity contribution in [2.45, 2.75) is 25.5 Å².